The molecule has 0 heterocycles. The summed E-state index contributed by atoms with van der Waals surface area (Å²) in [7, 11) is 1.83. The van der Waals surface area contributed by atoms with Crippen LogP contribution >= 0.6 is 0 Å². The fraction of sp³-hybridized carbons (Fsp3) is 0.625. The van der Waals surface area contributed by atoms with Crippen molar-refractivity contribution in [1.29, 1.82) is 0 Å². The van der Waals surface area contributed by atoms with Crippen LogP contribution in [0.3, 0.4) is 0 Å². The fourth-order valence-corrected chi connectivity index (χ4v) is 1.12. The Morgan fingerprint density at radius 1 is 1.60 bits per heavy atom. The summed E-state index contributed by atoms with van der Waals surface area (Å²) >= 11 is 0. The van der Waals surface area contributed by atoms with E-state index in [0.29, 0.717) is 5.92 Å². The molecule has 56 valence electrons. The Balaban J connectivity index is 2.65. The molecule has 0 bridgehead atoms. The molecule has 2 nitrogen and oxygen atoms in total. The molecule has 0 radical (unpaired) electrons. The van der Waals surface area contributed by atoms with Gasteiger partial charge in [0.1, 0.15) is 0 Å². The SMILES string of the molecule is CN=C(C(C)=CN)C1CC1. The molecule has 0 unspecified atom stereocenters. The summed E-state index contributed by atoms with van der Waals surface area (Å²) in [5, 5.41) is 0. The van der Waals surface area contributed by atoms with Crippen LogP contribution in [0.5, 0.6) is 0 Å². The van der Waals surface area contributed by atoms with E-state index in [2.05, 4.69) is 4.99 Å². The van der Waals surface area contributed by atoms with Crippen molar-refractivity contribution >= 4 is 5.71 Å². The molecule has 0 amide bonds. The van der Waals surface area contributed by atoms with Gasteiger partial charge in [-0.1, -0.05) is 0 Å². The van der Waals surface area contributed by atoms with Crippen LogP contribution in [0.2, 0.25) is 0 Å². The number of aliphatic imine (C=N–C) groups is 1. The number of hydrogen-bond acceptors (Lipinski definition) is 2. The van der Waals surface area contributed by atoms with E-state index >= 15 is 0 Å². The van der Waals surface area contributed by atoms with Gasteiger partial charge in [0, 0.05) is 18.7 Å². The summed E-state index contributed by atoms with van der Waals surface area (Å²) in [6.07, 6.45) is 4.22. The minimum absolute atomic E-state index is 0.713. The molecule has 0 aromatic rings. The second-order valence-electron chi connectivity index (χ2n) is 2.73. The average molecular weight is 138 g/mol. The molecule has 1 fully saturated rings. The molecule has 1 saturated carbocycles. The van der Waals surface area contributed by atoms with Gasteiger partial charge >= 0.3 is 0 Å². The van der Waals surface area contributed by atoms with Crippen molar-refractivity contribution in [2.75, 3.05) is 7.05 Å². The summed E-state index contributed by atoms with van der Waals surface area (Å²) in [4.78, 5) is 4.19. The minimum atomic E-state index is 0.713. The lowest BCUT2D eigenvalue weighted by atomic mass is 10.1. The number of hydrogen-bond donors (Lipinski definition) is 1. The maximum absolute atomic E-state index is 5.37. The average Bonchev–Trinajstić information content (AvgIpc) is 2.73. The first-order valence-electron chi connectivity index (χ1n) is 3.65. The zero-order chi connectivity index (χ0) is 7.56. The van der Waals surface area contributed by atoms with E-state index in [1.54, 1.807) is 6.20 Å². The Morgan fingerprint density at radius 3 is 2.50 bits per heavy atom. The molecule has 1 aliphatic carbocycles. The third kappa shape index (κ3) is 1.38. The van der Waals surface area contributed by atoms with E-state index in [1.807, 2.05) is 14.0 Å². The normalized spacial score (nSPS) is 21.4. The lowest BCUT2D eigenvalue weighted by Gasteiger charge is -2.01. The second-order valence-corrected chi connectivity index (χ2v) is 2.73. The Labute approximate surface area is 61.8 Å². The Kier molecular flexibility index (Phi) is 2.10. The highest BCUT2D eigenvalue weighted by molar-refractivity contribution is 6.02. The van der Waals surface area contributed by atoms with Gasteiger partial charge in [0.05, 0.1) is 0 Å². The first-order valence-corrected chi connectivity index (χ1v) is 3.65. The third-order valence-corrected chi connectivity index (χ3v) is 1.86. The van der Waals surface area contributed by atoms with Crippen LogP contribution in [0.15, 0.2) is 16.8 Å². The molecule has 0 saturated heterocycles. The van der Waals surface area contributed by atoms with E-state index < -0.39 is 0 Å². The van der Waals surface area contributed by atoms with Crippen LogP contribution in [-0.4, -0.2) is 12.8 Å². The maximum atomic E-state index is 5.37. The summed E-state index contributed by atoms with van der Waals surface area (Å²) in [5.41, 5.74) is 7.70. The highest BCUT2D eigenvalue weighted by Crippen LogP contribution is 2.32. The largest absolute Gasteiger partial charge is 0.404 e. The summed E-state index contributed by atoms with van der Waals surface area (Å²) in [6.45, 7) is 2.01. The van der Waals surface area contributed by atoms with E-state index in [0.717, 1.165) is 5.57 Å². The Hall–Kier alpha value is -0.790. The van der Waals surface area contributed by atoms with E-state index in [-0.39, 0.29) is 0 Å². The standard InChI is InChI=1S/C8H14N2/c1-6(5-9)8(10-2)7-3-4-7/h5,7H,3-4,9H2,1-2H3. The van der Waals surface area contributed by atoms with Gasteiger partial charge < -0.3 is 5.73 Å². The molecule has 0 aromatic heterocycles. The topological polar surface area (TPSA) is 38.4 Å². The van der Waals surface area contributed by atoms with Crippen LogP contribution in [0.1, 0.15) is 19.8 Å². The van der Waals surface area contributed by atoms with Gasteiger partial charge in [-0.3, -0.25) is 4.99 Å². The summed E-state index contributed by atoms with van der Waals surface area (Å²) in [5.74, 6) is 0.713. The first kappa shape index (κ1) is 7.32. The van der Waals surface area contributed by atoms with Gasteiger partial charge in [0.15, 0.2) is 0 Å². The number of nitrogens with two attached hydrogens (primary N) is 1. The van der Waals surface area contributed by atoms with Crippen molar-refractivity contribution in [1.82, 2.24) is 0 Å². The van der Waals surface area contributed by atoms with Crippen LogP contribution < -0.4 is 5.73 Å². The lowest BCUT2D eigenvalue weighted by molar-refractivity contribution is 1.15. The first-order chi connectivity index (χ1) is 4.79. The van der Waals surface area contributed by atoms with Gasteiger partial charge in [0.2, 0.25) is 0 Å². The van der Waals surface area contributed by atoms with Crippen molar-refractivity contribution in [2.24, 2.45) is 16.6 Å². The van der Waals surface area contributed by atoms with Gasteiger partial charge in [-0.05, 0) is 31.5 Å². The van der Waals surface area contributed by atoms with Crippen molar-refractivity contribution < 1.29 is 0 Å². The number of nitrogens with zero attached hydrogens (tertiary/aromatic N) is 1. The molecule has 10 heavy (non-hydrogen) atoms. The number of rotatable bonds is 2. The fourth-order valence-electron chi connectivity index (χ4n) is 1.12. The Morgan fingerprint density at radius 2 is 2.20 bits per heavy atom. The zero-order valence-electron chi connectivity index (χ0n) is 6.59. The van der Waals surface area contributed by atoms with Crippen LogP contribution in [0.4, 0.5) is 0 Å². The highest BCUT2D eigenvalue weighted by atomic mass is 14.7. The summed E-state index contributed by atoms with van der Waals surface area (Å²) in [6, 6.07) is 0. The third-order valence-electron chi connectivity index (χ3n) is 1.86. The molecule has 0 atom stereocenters. The van der Waals surface area contributed by atoms with Crippen molar-refractivity contribution in [3.63, 3.8) is 0 Å². The Bertz CT molecular complexity index is 176. The smallest absolute Gasteiger partial charge is 0.0419 e. The molecule has 0 aliphatic heterocycles. The van der Waals surface area contributed by atoms with Gasteiger partial charge in [0.25, 0.3) is 0 Å². The molecule has 0 spiro atoms. The zero-order valence-corrected chi connectivity index (χ0v) is 6.59. The van der Waals surface area contributed by atoms with Crippen molar-refractivity contribution in [3.05, 3.63) is 11.8 Å². The van der Waals surface area contributed by atoms with Crippen LogP contribution in [0.25, 0.3) is 0 Å². The van der Waals surface area contributed by atoms with Crippen molar-refractivity contribution in [3.8, 4) is 0 Å². The van der Waals surface area contributed by atoms with Gasteiger partial charge in [-0.15, -0.1) is 0 Å². The summed E-state index contributed by atoms with van der Waals surface area (Å²) < 4.78 is 0. The van der Waals surface area contributed by atoms with E-state index in [1.165, 1.54) is 18.6 Å². The van der Waals surface area contributed by atoms with Gasteiger partial charge in [-0.25, -0.2) is 0 Å². The molecule has 2 heteroatoms. The monoisotopic (exact) mass is 138 g/mol. The lowest BCUT2D eigenvalue weighted by Crippen LogP contribution is -2.04. The molecule has 1 aliphatic rings. The number of allylic oxidation sites excluding steroid dienone is 1. The highest BCUT2D eigenvalue weighted by Gasteiger charge is 2.27. The molecule has 1 rings (SSSR count). The van der Waals surface area contributed by atoms with Gasteiger partial charge in [-0.2, -0.15) is 0 Å². The van der Waals surface area contributed by atoms with Crippen molar-refractivity contribution in [2.45, 2.75) is 19.8 Å². The van der Waals surface area contributed by atoms with Crippen LogP contribution in [-0.2, 0) is 0 Å². The van der Waals surface area contributed by atoms with E-state index in [4.69, 9.17) is 5.73 Å². The predicted molar refractivity (Wildman–Crippen MR) is 44.0 cm³/mol. The molecule has 0 aromatic carbocycles. The minimum Gasteiger partial charge on any atom is -0.404 e. The predicted octanol–water partition coefficient (Wildman–Crippen LogP) is 1.33. The quantitative estimate of drug-likeness (QED) is 0.574. The second kappa shape index (κ2) is 2.86. The molecular weight excluding hydrogens is 124 g/mol. The molecular formula is C8H14N2. The maximum Gasteiger partial charge on any atom is 0.0419 e. The molecule has 2 N–H and O–H groups in total. The van der Waals surface area contributed by atoms with E-state index in [9.17, 15) is 0 Å². The van der Waals surface area contributed by atoms with Crippen LogP contribution in [0, 0.1) is 5.92 Å².